The van der Waals surface area contributed by atoms with Gasteiger partial charge in [-0.15, -0.1) is 0 Å². The van der Waals surface area contributed by atoms with Crippen molar-refractivity contribution in [3.8, 4) is 11.8 Å². The Bertz CT molecular complexity index is 462. The van der Waals surface area contributed by atoms with Gasteiger partial charge in [0.15, 0.2) is 6.61 Å². The quantitative estimate of drug-likeness (QED) is 0.753. The summed E-state index contributed by atoms with van der Waals surface area (Å²) in [7, 11) is 1.24. The minimum Gasteiger partial charge on any atom is -0.484 e. The number of methoxy groups -OCH3 is 1. The molecular weight excluding hydrogens is 236 g/mol. The Labute approximate surface area is 104 Å². The smallest absolute Gasteiger partial charge is 0.325 e. The lowest BCUT2D eigenvalue weighted by Crippen LogP contribution is -2.33. The van der Waals surface area contributed by atoms with Gasteiger partial charge in [0.2, 0.25) is 0 Å². The van der Waals surface area contributed by atoms with Crippen molar-refractivity contribution < 1.29 is 19.1 Å². The molecule has 0 saturated heterocycles. The summed E-state index contributed by atoms with van der Waals surface area (Å²) in [5, 5.41) is 10.9. The molecule has 6 nitrogen and oxygen atoms in total. The molecule has 0 aliphatic carbocycles. The molecular formula is C12H12N2O4. The van der Waals surface area contributed by atoms with Gasteiger partial charge in [-0.05, 0) is 24.3 Å². The van der Waals surface area contributed by atoms with Crippen molar-refractivity contribution in [1.29, 1.82) is 5.26 Å². The second kappa shape index (κ2) is 6.91. The van der Waals surface area contributed by atoms with E-state index in [1.54, 1.807) is 24.3 Å². The molecule has 1 aromatic carbocycles. The van der Waals surface area contributed by atoms with Gasteiger partial charge in [0.1, 0.15) is 12.3 Å². The predicted molar refractivity (Wildman–Crippen MR) is 61.7 cm³/mol. The molecule has 18 heavy (non-hydrogen) atoms. The van der Waals surface area contributed by atoms with E-state index < -0.39 is 11.9 Å². The normalized spacial score (nSPS) is 9.11. The van der Waals surface area contributed by atoms with E-state index in [1.807, 2.05) is 6.07 Å². The number of nitrogens with zero attached hydrogens (tertiary/aromatic N) is 1. The highest BCUT2D eigenvalue weighted by Crippen LogP contribution is 2.10. The van der Waals surface area contributed by atoms with Crippen molar-refractivity contribution in [2.45, 2.75) is 0 Å². The summed E-state index contributed by atoms with van der Waals surface area (Å²) < 4.78 is 9.52. The summed E-state index contributed by atoms with van der Waals surface area (Å²) in [4.78, 5) is 22.0. The second-order valence-corrected chi connectivity index (χ2v) is 3.28. The first-order valence-electron chi connectivity index (χ1n) is 5.12. The van der Waals surface area contributed by atoms with Gasteiger partial charge < -0.3 is 14.8 Å². The number of nitrogens with one attached hydrogen (secondary N) is 1. The summed E-state index contributed by atoms with van der Waals surface area (Å²) in [5.41, 5.74) is 0.512. The van der Waals surface area contributed by atoms with Crippen molar-refractivity contribution in [3.63, 3.8) is 0 Å². The van der Waals surface area contributed by atoms with Crippen molar-refractivity contribution >= 4 is 11.9 Å². The Morgan fingerprint density at radius 1 is 1.33 bits per heavy atom. The fourth-order valence-corrected chi connectivity index (χ4v) is 1.07. The molecule has 94 valence electrons. The van der Waals surface area contributed by atoms with E-state index in [0.717, 1.165) is 0 Å². The van der Waals surface area contributed by atoms with Gasteiger partial charge in [0.05, 0.1) is 18.7 Å². The van der Waals surface area contributed by atoms with Crippen LogP contribution >= 0.6 is 0 Å². The monoisotopic (exact) mass is 248 g/mol. The Morgan fingerprint density at radius 3 is 2.56 bits per heavy atom. The molecule has 0 spiro atoms. The van der Waals surface area contributed by atoms with Crippen LogP contribution in [-0.2, 0) is 14.3 Å². The minimum atomic E-state index is -0.526. The maximum absolute atomic E-state index is 11.3. The van der Waals surface area contributed by atoms with Crippen molar-refractivity contribution in [1.82, 2.24) is 5.32 Å². The molecule has 1 rings (SSSR count). The van der Waals surface area contributed by atoms with E-state index in [4.69, 9.17) is 10.00 Å². The molecule has 0 aliphatic heterocycles. The van der Waals surface area contributed by atoms with Gasteiger partial charge in [-0.25, -0.2) is 0 Å². The van der Waals surface area contributed by atoms with Crippen LogP contribution in [0.1, 0.15) is 5.56 Å². The molecule has 0 atom stereocenters. The molecule has 0 fully saturated rings. The van der Waals surface area contributed by atoms with Crippen molar-refractivity contribution in [3.05, 3.63) is 29.8 Å². The van der Waals surface area contributed by atoms with Crippen LogP contribution in [0.5, 0.6) is 5.75 Å². The molecule has 0 bridgehead atoms. The van der Waals surface area contributed by atoms with Crippen LogP contribution in [0.2, 0.25) is 0 Å². The fraction of sp³-hybridized carbons (Fsp3) is 0.250. The maximum Gasteiger partial charge on any atom is 0.325 e. The minimum absolute atomic E-state index is 0.188. The number of carbonyl (C=O) groups is 2. The van der Waals surface area contributed by atoms with Gasteiger partial charge >= 0.3 is 5.97 Å². The Morgan fingerprint density at radius 2 is 2.00 bits per heavy atom. The summed E-state index contributed by atoms with van der Waals surface area (Å²) in [6.45, 7) is -0.394. The predicted octanol–water partition coefficient (Wildman–Crippen LogP) is 0.226. The summed E-state index contributed by atoms with van der Waals surface area (Å²) >= 11 is 0. The van der Waals surface area contributed by atoms with Crippen molar-refractivity contribution in [2.75, 3.05) is 20.3 Å². The highest BCUT2D eigenvalue weighted by Gasteiger charge is 2.05. The van der Waals surface area contributed by atoms with Crippen LogP contribution in [0.4, 0.5) is 0 Å². The van der Waals surface area contributed by atoms with Crippen LogP contribution in [0.3, 0.4) is 0 Å². The van der Waals surface area contributed by atoms with Gasteiger partial charge in [0.25, 0.3) is 5.91 Å². The van der Waals surface area contributed by atoms with E-state index in [9.17, 15) is 9.59 Å². The highest BCUT2D eigenvalue weighted by atomic mass is 16.5. The lowest BCUT2D eigenvalue weighted by molar-refractivity contribution is -0.141. The van der Waals surface area contributed by atoms with Crippen LogP contribution in [0.25, 0.3) is 0 Å². The van der Waals surface area contributed by atoms with Gasteiger partial charge in [-0.1, -0.05) is 0 Å². The number of hydrogen-bond donors (Lipinski definition) is 1. The average molecular weight is 248 g/mol. The Balaban J connectivity index is 2.33. The number of esters is 1. The van der Waals surface area contributed by atoms with E-state index in [-0.39, 0.29) is 13.2 Å². The van der Waals surface area contributed by atoms with Crippen LogP contribution in [-0.4, -0.2) is 32.1 Å². The molecule has 0 saturated carbocycles. The summed E-state index contributed by atoms with van der Waals surface area (Å²) in [6, 6.07) is 8.32. The lowest BCUT2D eigenvalue weighted by Gasteiger charge is -2.06. The molecule has 1 N–H and O–H groups in total. The van der Waals surface area contributed by atoms with Gasteiger partial charge in [-0.3, -0.25) is 9.59 Å². The molecule has 0 radical (unpaired) electrons. The second-order valence-electron chi connectivity index (χ2n) is 3.28. The number of amides is 1. The maximum atomic E-state index is 11.3. The number of rotatable bonds is 5. The van der Waals surface area contributed by atoms with Crippen LogP contribution in [0.15, 0.2) is 24.3 Å². The van der Waals surface area contributed by atoms with Gasteiger partial charge in [-0.2, -0.15) is 5.26 Å². The van der Waals surface area contributed by atoms with Crippen molar-refractivity contribution in [2.24, 2.45) is 0 Å². The van der Waals surface area contributed by atoms with E-state index >= 15 is 0 Å². The Hall–Kier alpha value is -2.55. The lowest BCUT2D eigenvalue weighted by atomic mass is 10.2. The standard InChI is InChI=1S/C12H12N2O4/c1-17-12(16)7-14-11(15)8-18-10-4-2-9(6-13)3-5-10/h2-5H,7-8H2,1H3,(H,14,15). The van der Waals surface area contributed by atoms with Crippen LogP contribution in [0, 0.1) is 11.3 Å². The third-order valence-electron chi connectivity index (χ3n) is 2.01. The first-order chi connectivity index (χ1) is 8.65. The summed E-state index contributed by atoms with van der Waals surface area (Å²) in [5.74, 6) is -0.478. The van der Waals surface area contributed by atoms with E-state index in [1.165, 1.54) is 7.11 Å². The average Bonchev–Trinajstić information content (AvgIpc) is 2.42. The summed E-state index contributed by atoms with van der Waals surface area (Å²) in [6.07, 6.45) is 0. The molecule has 0 unspecified atom stereocenters. The molecule has 0 aromatic heterocycles. The first kappa shape index (κ1) is 13.5. The zero-order valence-electron chi connectivity index (χ0n) is 9.80. The fourth-order valence-electron chi connectivity index (χ4n) is 1.07. The van der Waals surface area contributed by atoms with E-state index in [0.29, 0.717) is 11.3 Å². The number of hydrogen-bond acceptors (Lipinski definition) is 5. The largest absolute Gasteiger partial charge is 0.484 e. The third kappa shape index (κ3) is 4.53. The first-order valence-corrected chi connectivity index (χ1v) is 5.12. The number of carbonyl (C=O) groups excluding carboxylic acids is 2. The molecule has 1 aromatic rings. The van der Waals surface area contributed by atoms with Gasteiger partial charge in [0, 0.05) is 0 Å². The number of benzene rings is 1. The number of ether oxygens (including phenoxy) is 2. The molecule has 0 aliphatic rings. The highest BCUT2D eigenvalue weighted by molar-refractivity contribution is 5.82. The molecule has 0 heterocycles. The zero-order chi connectivity index (χ0) is 13.4. The molecule has 6 heteroatoms. The number of nitriles is 1. The third-order valence-corrected chi connectivity index (χ3v) is 2.01. The van der Waals surface area contributed by atoms with Crippen LogP contribution < -0.4 is 10.1 Å². The molecule has 1 amide bonds. The van der Waals surface area contributed by atoms with E-state index in [2.05, 4.69) is 10.1 Å². The topological polar surface area (TPSA) is 88.4 Å². The Kier molecular flexibility index (Phi) is 5.19. The zero-order valence-corrected chi connectivity index (χ0v) is 9.80. The SMILES string of the molecule is COC(=O)CNC(=O)COc1ccc(C#N)cc1.